The molecule has 1 saturated carbocycles. The zero-order valence-corrected chi connectivity index (χ0v) is 13.9. The van der Waals surface area contributed by atoms with Crippen molar-refractivity contribution in [3.8, 4) is 0 Å². The molecule has 3 nitrogen and oxygen atoms in total. The second-order valence-corrected chi connectivity index (χ2v) is 7.27. The highest BCUT2D eigenvalue weighted by molar-refractivity contribution is 4.91. The van der Waals surface area contributed by atoms with Crippen LogP contribution < -0.4 is 5.32 Å². The summed E-state index contributed by atoms with van der Waals surface area (Å²) >= 11 is 0. The molecule has 2 fully saturated rings. The first-order valence-corrected chi connectivity index (χ1v) is 8.57. The molecule has 1 aliphatic carbocycles. The molecule has 0 spiro atoms. The Balaban J connectivity index is 1.91. The summed E-state index contributed by atoms with van der Waals surface area (Å²) in [7, 11) is 4.48. The van der Waals surface area contributed by atoms with Crippen molar-refractivity contribution >= 4 is 0 Å². The lowest BCUT2D eigenvalue weighted by Crippen LogP contribution is -2.52. The maximum absolute atomic E-state index is 5.49. The van der Waals surface area contributed by atoms with Crippen LogP contribution in [0.15, 0.2) is 0 Å². The fourth-order valence-corrected chi connectivity index (χ4v) is 4.08. The lowest BCUT2D eigenvalue weighted by atomic mass is 9.76. The first kappa shape index (κ1) is 16.3. The van der Waals surface area contributed by atoms with Gasteiger partial charge in [-0.2, -0.15) is 0 Å². The van der Waals surface area contributed by atoms with Gasteiger partial charge in [0.1, 0.15) is 0 Å². The normalized spacial score (nSPS) is 33.0. The molecule has 1 saturated heterocycles. The van der Waals surface area contributed by atoms with E-state index < -0.39 is 0 Å². The molecule has 0 aromatic heterocycles. The van der Waals surface area contributed by atoms with Gasteiger partial charge in [0.2, 0.25) is 0 Å². The Morgan fingerprint density at radius 2 is 1.85 bits per heavy atom. The van der Waals surface area contributed by atoms with Gasteiger partial charge in [-0.05, 0) is 64.0 Å². The minimum absolute atomic E-state index is 0.676. The van der Waals surface area contributed by atoms with Crippen molar-refractivity contribution in [2.75, 3.05) is 33.9 Å². The molecular weight excluding hydrogens is 248 g/mol. The van der Waals surface area contributed by atoms with Crippen LogP contribution in [0.1, 0.15) is 46.0 Å². The number of rotatable bonds is 5. The molecule has 1 N–H and O–H groups in total. The number of hydrogen-bond acceptors (Lipinski definition) is 3. The monoisotopic (exact) mass is 282 g/mol. The molecule has 0 amide bonds. The molecule has 1 aliphatic heterocycles. The molecule has 0 radical (unpaired) electrons. The summed E-state index contributed by atoms with van der Waals surface area (Å²) in [5.74, 6) is 2.57. The van der Waals surface area contributed by atoms with Gasteiger partial charge >= 0.3 is 0 Å². The third-order valence-corrected chi connectivity index (χ3v) is 5.62. The van der Waals surface area contributed by atoms with Crippen molar-refractivity contribution < 1.29 is 4.74 Å². The van der Waals surface area contributed by atoms with Crippen molar-refractivity contribution in [1.29, 1.82) is 0 Å². The van der Waals surface area contributed by atoms with E-state index in [1.54, 1.807) is 0 Å². The van der Waals surface area contributed by atoms with Crippen molar-refractivity contribution in [3.63, 3.8) is 0 Å². The minimum atomic E-state index is 0.676. The van der Waals surface area contributed by atoms with E-state index in [0.717, 1.165) is 31.0 Å². The Morgan fingerprint density at radius 1 is 1.15 bits per heavy atom. The van der Waals surface area contributed by atoms with Crippen LogP contribution in [0, 0.1) is 17.8 Å². The topological polar surface area (TPSA) is 24.5 Å². The quantitative estimate of drug-likeness (QED) is 0.839. The predicted octanol–water partition coefficient (Wildman–Crippen LogP) is 2.76. The number of nitrogens with one attached hydrogen (secondary N) is 1. The summed E-state index contributed by atoms with van der Waals surface area (Å²) in [4.78, 5) is 2.64. The van der Waals surface area contributed by atoms with Crippen LogP contribution in [-0.2, 0) is 4.74 Å². The molecule has 1 heterocycles. The highest BCUT2D eigenvalue weighted by atomic mass is 16.5. The maximum atomic E-state index is 5.49. The van der Waals surface area contributed by atoms with Crippen LogP contribution in [0.2, 0.25) is 0 Å². The minimum Gasteiger partial charge on any atom is -0.381 e. The Bertz CT molecular complexity index is 276. The fraction of sp³-hybridized carbons (Fsp3) is 1.00. The summed E-state index contributed by atoms with van der Waals surface area (Å²) in [6.07, 6.45) is 6.58. The fourth-order valence-electron chi connectivity index (χ4n) is 4.08. The van der Waals surface area contributed by atoms with Crippen LogP contribution in [0.4, 0.5) is 0 Å². The second-order valence-electron chi connectivity index (χ2n) is 7.27. The molecule has 118 valence electrons. The molecule has 3 unspecified atom stereocenters. The van der Waals surface area contributed by atoms with E-state index in [4.69, 9.17) is 4.74 Å². The van der Waals surface area contributed by atoms with Crippen molar-refractivity contribution in [2.45, 2.75) is 58.0 Å². The Morgan fingerprint density at radius 3 is 2.45 bits per heavy atom. The summed E-state index contributed by atoms with van der Waals surface area (Å²) in [6, 6.07) is 1.39. The predicted molar refractivity (Wildman–Crippen MR) is 85.0 cm³/mol. The van der Waals surface area contributed by atoms with E-state index in [0.29, 0.717) is 12.1 Å². The van der Waals surface area contributed by atoms with Crippen LogP contribution in [-0.4, -0.2) is 50.8 Å². The van der Waals surface area contributed by atoms with Gasteiger partial charge in [-0.25, -0.2) is 0 Å². The highest BCUT2D eigenvalue weighted by Crippen LogP contribution is 2.33. The summed E-state index contributed by atoms with van der Waals surface area (Å²) in [5, 5.41) is 3.57. The summed E-state index contributed by atoms with van der Waals surface area (Å²) in [5.41, 5.74) is 0. The maximum Gasteiger partial charge on any atom is 0.0469 e. The zero-order valence-electron chi connectivity index (χ0n) is 13.9. The first-order chi connectivity index (χ1) is 9.61. The molecule has 2 rings (SSSR count). The largest absolute Gasteiger partial charge is 0.381 e. The van der Waals surface area contributed by atoms with Gasteiger partial charge in [0.15, 0.2) is 0 Å². The van der Waals surface area contributed by atoms with Crippen molar-refractivity contribution in [1.82, 2.24) is 10.2 Å². The average Bonchev–Trinajstić information content (AvgIpc) is 2.47. The summed E-state index contributed by atoms with van der Waals surface area (Å²) < 4.78 is 5.49. The molecule has 0 aromatic rings. The Labute approximate surface area is 125 Å². The first-order valence-electron chi connectivity index (χ1n) is 8.57. The van der Waals surface area contributed by atoms with E-state index in [1.807, 2.05) is 0 Å². The molecule has 3 atom stereocenters. The van der Waals surface area contributed by atoms with Gasteiger partial charge in [0.05, 0.1) is 0 Å². The zero-order chi connectivity index (χ0) is 14.5. The Kier molecular flexibility index (Phi) is 6.31. The second kappa shape index (κ2) is 7.77. The number of hydrogen-bond donors (Lipinski definition) is 1. The third kappa shape index (κ3) is 4.19. The average molecular weight is 282 g/mol. The van der Waals surface area contributed by atoms with Crippen LogP contribution in [0.5, 0.6) is 0 Å². The molecule has 2 aliphatic rings. The number of ether oxygens (including phenoxy) is 1. The van der Waals surface area contributed by atoms with Crippen LogP contribution >= 0.6 is 0 Å². The Hall–Kier alpha value is -0.120. The lowest BCUT2D eigenvalue weighted by Gasteiger charge is -2.43. The molecule has 20 heavy (non-hydrogen) atoms. The standard InChI is InChI=1S/C17H34N2O/c1-13(2)15-5-6-16(18-3)17(11-15)19(4)12-14-7-9-20-10-8-14/h13-18H,5-12H2,1-4H3. The SMILES string of the molecule is CNC1CCC(C(C)C)CC1N(C)CC1CCOCC1. The molecule has 0 aromatic carbocycles. The van der Waals surface area contributed by atoms with Gasteiger partial charge in [-0.15, -0.1) is 0 Å². The van der Waals surface area contributed by atoms with E-state index >= 15 is 0 Å². The van der Waals surface area contributed by atoms with Crippen molar-refractivity contribution in [3.05, 3.63) is 0 Å². The number of nitrogens with zero attached hydrogens (tertiary/aromatic N) is 1. The molecule has 0 bridgehead atoms. The van der Waals surface area contributed by atoms with Crippen LogP contribution in [0.3, 0.4) is 0 Å². The van der Waals surface area contributed by atoms with Gasteiger partial charge in [0.25, 0.3) is 0 Å². The third-order valence-electron chi connectivity index (χ3n) is 5.62. The smallest absolute Gasteiger partial charge is 0.0469 e. The van der Waals surface area contributed by atoms with E-state index in [1.165, 1.54) is 38.6 Å². The summed E-state index contributed by atoms with van der Waals surface area (Å²) in [6.45, 7) is 7.96. The van der Waals surface area contributed by atoms with Crippen LogP contribution in [0.25, 0.3) is 0 Å². The van der Waals surface area contributed by atoms with E-state index in [-0.39, 0.29) is 0 Å². The van der Waals surface area contributed by atoms with Crippen molar-refractivity contribution in [2.24, 2.45) is 17.8 Å². The molecule has 3 heteroatoms. The lowest BCUT2D eigenvalue weighted by molar-refractivity contribution is 0.0369. The number of likely N-dealkylation sites (N-methyl/N-ethyl adjacent to an activating group) is 2. The van der Waals surface area contributed by atoms with Gasteiger partial charge in [-0.1, -0.05) is 13.8 Å². The van der Waals surface area contributed by atoms with E-state index in [9.17, 15) is 0 Å². The van der Waals surface area contributed by atoms with Gasteiger partial charge in [-0.3, -0.25) is 0 Å². The van der Waals surface area contributed by atoms with E-state index in [2.05, 4.69) is 38.2 Å². The molecular formula is C17H34N2O. The highest BCUT2D eigenvalue weighted by Gasteiger charge is 2.34. The van der Waals surface area contributed by atoms with Gasteiger partial charge in [0, 0.05) is 31.8 Å². The van der Waals surface area contributed by atoms with Gasteiger partial charge < -0.3 is 15.0 Å².